The number of hydrogen-bond donors (Lipinski definition) is 1. The molecule has 5 heteroatoms. The first-order valence-electron chi connectivity index (χ1n) is 5.95. The molecule has 17 heavy (non-hydrogen) atoms. The van der Waals surface area contributed by atoms with Crippen molar-refractivity contribution in [2.24, 2.45) is 0 Å². The van der Waals surface area contributed by atoms with E-state index in [4.69, 9.17) is 4.74 Å². The Morgan fingerprint density at radius 3 is 3.00 bits per heavy atom. The number of ether oxygens (including phenoxy) is 1. The Kier molecular flexibility index (Phi) is 3.80. The fourth-order valence-electron chi connectivity index (χ4n) is 1.85. The fraction of sp³-hybridized carbons (Fsp3) is 0.500. The summed E-state index contributed by atoms with van der Waals surface area (Å²) >= 11 is 0. The molecule has 0 aromatic carbocycles. The highest BCUT2D eigenvalue weighted by Gasteiger charge is 2.19. The van der Waals surface area contributed by atoms with Crippen molar-refractivity contribution in [2.75, 3.05) is 25.0 Å². The second kappa shape index (κ2) is 5.52. The number of nitrogens with one attached hydrogen (secondary N) is 1. The Hall–Kier alpha value is -1.78. The first kappa shape index (κ1) is 11.7. The quantitative estimate of drug-likeness (QED) is 0.873. The first-order valence-corrected chi connectivity index (χ1v) is 5.95. The summed E-state index contributed by atoms with van der Waals surface area (Å²) < 4.78 is 5.36. The molecular weight excluding hydrogens is 218 g/mol. The van der Waals surface area contributed by atoms with E-state index in [1.165, 1.54) is 0 Å². The van der Waals surface area contributed by atoms with Crippen LogP contribution in [0, 0.1) is 0 Å². The van der Waals surface area contributed by atoms with Gasteiger partial charge in [-0.25, -0.2) is 9.78 Å². The molecule has 1 aromatic heterocycles. The fourth-order valence-corrected chi connectivity index (χ4v) is 1.85. The third kappa shape index (κ3) is 2.87. The number of carbonyl (C=O) groups is 1. The predicted octanol–water partition coefficient (Wildman–Crippen LogP) is 2.11. The Bertz CT molecular complexity index is 389. The number of pyridine rings is 1. The van der Waals surface area contributed by atoms with Crippen molar-refractivity contribution < 1.29 is 9.53 Å². The van der Waals surface area contributed by atoms with Crippen LogP contribution in [0.15, 0.2) is 18.3 Å². The SMILES string of the molecule is CCOc1ncccc1NC(=O)N1CCCC1. The number of aromatic nitrogens is 1. The van der Waals surface area contributed by atoms with E-state index in [1.807, 2.05) is 11.8 Å². The predicted molar refractivity (Wildman–Crippen MR) is 65.2 cm³/mol. The topological polar surface area (TPSA) is 54.5 Å². The normalized spacial score (nSPS) is 14.8. The number of rotatable bonds is 3. The van der Waals surface area contributed by atoms with Gasteiger partial charge in [-0.05, 0) is 31.9 Å². The molecule has 0 spiro atoms. The van der Waals surface area contributed by atoms with Gasteiger partial charge in [0.05, 0.1) is 6.61 Å². The van der Waals surface area contributed by atoms with Crippen molar-refractivity contribution in [1.82, 2.24) is 9.88 Å². The zero-order valence-electron chi connectivity index (χ0n) is 9.98. The van der Waals surface area contributed by atoms with Crippen LogP contribution in [-0.4, -0.2) is 35.6 Å². The number of carbonyl (C=O) groups excluding carboxylic acids is 1. The molecule has 5 nitrogen and oxygen atoms in total. The molecule has 2 heterocycles. The molecule has 0 radical (unpaired) electrons. The van der Waals surface area contributed by atoms with Crippen molar-refractivity contribution in [3.63, 3.8) is 0 Å². The molecule has 1 aliphatic rings. The minimum atomic E-state index is -0.0727. The summed E-state index contributed by atoms with van der Waals surface area (Å²) in [7, 11) is 0. The molecule has 2 rings (SSSR count). The largest absolute Gasteiger partial charge is 0.476 e. The second-order valence-corrected chi connectivity index (χ2v) is 3.91. The third-order valence-electron chi connectivity index (χ3n) is 2.69. The van der Waals surface area contributed by atoms with Gasteiger partial charge in [0, 0.05) is 19.3 Å². The van der Waals surface area contributed by atoms with Gasteiger partial charge in [0.15, 0.2) is 0 Å². The van der Waals surface area contributed by atoms with Crippen LogP contribution < -0.4 is 10.1 Å². The van der Waals surface area contributed by atoms with Crippen LogP contribution in [0.5, 0.6) is 5.88 Å². The van der Waals surface area contributed by atoms with E-state index in [0.29, 0.717) is 18.2 Å². The van der Waals surface area contributed by atoms with Crippen LogP contribution in [0.25, 0.3) is 0 Å². The van der Waals surface area contributed by atoms with Gasteiger partial charge in [-0.15, -0.1) is 0 Å². The zero-order valence-corrected chi connectivity index (χ0v) is 9.98. The van der Waals surface area contributed by atoms with E-state index >= 15 is 0 Å². The lowest BCUT2D eigenvalue weighted by Crippen LogP contribution is -2.32. The molecule has 0 bridgehead atoms. The smallest absolute Gasteiger partial charge is 0.321 e. The van der Waals surface area contributed by atoms with Gasteiger partial charge in [0.1, 0.15) is 5.69 Å². The lowest BCUT2D eigenvalue weighted by molar-refractivity contribution is 0.222. The number of likely N-dealkylation sites (tertiary alicyclic amines) is 1. The molecule has 1 N–H and O–H groups in total. The number of urea groups is 1. The standard InChI is InChI=1S/C12H17N3O2/c1-2-17-11-10(6-5-7-13-11)14-12(16)15-8-3-4-9-15/h5-7H,2-4,8-9H2,1H3,(H,14,16). The Morgan fingerprint density at radius 2 is 2.29 bits per heavy atom. The lowest BCUT2D eigenvalue weighted by atomic mass is 10.4. The van der Waals surface area contributed by atoms with Crippen LogP contribution in [-0.2, 0) is 0 Å². The molecule has 0 saturated carbocycles. The number of nitrogens with zero attached hydrogens (tertiary/aromatic N) is 2. The van der Waals surface area contributed by atoms with E-state index in [0.717, 1.165) is 25.9 Å². The van der Waals surface area contributed by atoms with Crippen LogP contribution in [0.1, 0.15) is 19.8 Å². The van der Waals surface area contributed by atoms with Crippen molar-refractivity contribution in [3.05, 3.63) is 18.3 Å². The summed E-state index contributed by atoms with van der Waals surface area (Å²) in [4.78, 5) is 17.8. The maximum atomic E-state index is 11.9. The summed E-state index contributed by atoms with van der Waals surface area (Å²) in [5, 5.41) is 2.84. The molecule has 1 aliphatic heterocycles. The van der Waals surface area contributed by atoms with Gasteiger partial charge in [-0.3, -0.25) is 0 Å². The van der Waals surface area contributed by atoms with E-state index < -0.39 is 0 Å². The molecule has 0 unspecified atom stereocenters. The maximum absolute atomic E-state index is 11.9. The van der Waals surface area contributed by atoms with Crippen LogP contribution >= 0.6 is 0 Å². The average molecular weight is 235 g/mol. The summed E-state index contributed by atoms with van der Waals surface area (Å²) in [5.74, 6) is 0.475. The molecule has 1 fully saturated rings. The molecule has 92 valence electrons. The number of amides is 2. The van der Waals surface area contributed by atoms with Gasteiger partial charge >= 0.3 is 6.03 Å². The molecule has 1 saturated heterocycles. The molecule has 2 amide bonds. The van der Waals surface area contributed by atoms with Gasteiger partial charge < -0.3 is 15.0 Å². The van der Waals surface area contributed by atoms with Crippen LogP contribution in [0.3, 0.4) is 0 Å². The van der Waals surface area contributed by atoms with E-state index in [-0.39, 0.29) is 6.03 Å². The van der Waals surface area contributed by atoms with E-state index in [1.54, 1.807) is 18.3 Å². The summed E-state index contributed by atoms with van der Waals surface area (Å²) in [6, 6.07) is 3.50. The van der Waals surface area contributed by atoms with Crippen molar-refractivity contribution in [2.45, 2.75) is 19.8 Å². The Morgan fingerprint density at radius 1 is 1.53 bits per heavy atom. The van der Waals surface area contributed by atoms with Crippen molar-refractivity contribution in [1.29, 1.82) is 0 Å². The van der Waals surface area contributed by atoms with E-state index in [9.17, 15) is 4.79 Å². The summed E-state index contributed by atoms with van der Waals surface area (Å²) in [6.07, 6.45) is 3.81. The minimum absolute atomic E-state index is 0.0727. The zero-order chi connectivity index (χ0) is 12.1. The molecule has 0 atom stereocenters. The summed E-state index contributed by atoms with van der Waals surface area (Å²) in [6.45, 7) is 4.08. The number of hydrogen-bond acceptors (Lipinski definition) is 3. The average Bonchev–Trinajstić information content (AvgIpc) is 2.85. The second-order valence-electron chi connectivity index (χ2n) is 3.91. The van der Waals surface area contributed by atoms with Crippen LogP contribution in [0.4, 0.5) is 10.5 Å². The third-order valence-corrected chi connectivity index (χ3v) is 2.69. The van der Waals surface area contributed by atoms with Gasteiger partial charge in [-0.1, -0.05) is 0 Å². The van der Waals surface area contributed by atoms with Gasteiger partial charge in [0.25, 0.3) is 0 Å². The Balaban J connectivity index is 2.04. The molecule has 1 aromatic rings. The highest BCUT2D eigenvalue weighted by Crippen LogP contribution is 2.21. The molecular formula is C12H17N3O2. The first-order chi connectivity index (χ1) is 8.31. The molecule has 0 aliphatic carbocycles. The lowest BCUT2D eigenvalue weighted by Gasteiger charge is -2.17. The Labute approximate surface area is 101 Å². The van der Waals surface area contributed by atoms with Gasteiger partial charge in [0.2, 0.25) is 5.88 Å². The van der Waals surface area contributed by atoms with E-state index in [2.05, 4.69) is 10.3 Å². The maximum Gasteiger partial charge on any atom is 0.321 e. The number of anilines is 1. The van der Waals surface area contributed by atoms with Gasteiger partial charge in [-0.2, -0.15) is 0 Å². The van der Waals surface area contributed by atoms with Crippen LogP contribution in [0.2, 0.25) is 0 Å². The van der Waals surface area contributed by atoms with Crippen molar-refractivity contribution >= 4 is 11.7 Å². The minimum Gasteiger partial charge on any atom is -0.476 e. The highest BCUT2D eigenvalue weighted by atomic mass is 16.5. The summed E-state index contributed by atoms with van der Waals surface area (Å²) in [5.41, 5.74) is 0.631. The van der Waals surface area contributed by atoms with Crippen molar-refractivity contribution in [3.8, 4) is 5.88 Å². The highest BCUT2D eigenvalue weighted by molar-refractivity contribution is 5.90. The monoisotopic (exact) mass is 235 g/mol.